The summed E-state index contributed by atoms with van der Waals surface area (Å²) in [7, 11) is 0. The number of nitrogens with one attached hydrogen (secondary N) is 2. The number of nitrogens with zero attached hydrogens (tertiary/aromatic N) is 6. The molecule has 0 unspecified atom stereocenters. The highest BCUT2D eigenvalue weighted by Gasteiger charge is 2.36. The van der Waals surface area contributed by atoms with Crippen molar-refractivity contribution in [3.8, 4) is 34.4 Å². The van der Waals surface area contributed by atoms with E-state index in [4.69, 9.17) is 21.4 Å². The van der Waals surface area contributed by atoms with E-state index in [9.17, 15) is 39.6 Å². The van der Waals surface area contributed by atoms with Gasteiger partial charge in [0.25, 0.3) is 5.91 Å². The van der Waals surface area contributed by atoms with Crippen molar-refractivity contribution in [2.24, 2.45) is 26.8 Å². The molecule has 18 nitrogen and oxygen atoms in total. The number of aliphatic carboxylic acids is 2. The Hall–Kier alpha value is -7.90. The molecule has 0 bridgehead atoms. The van der Waals surface area contributed by atoms with Crippen LogP contribution in [0.4, 0.5) is 0 Å². The Kier molecular flexibility index (Phi) is 18.0. The molecule has 18 heteroatoms. The molecule has 336 valence electrons. The van der Waals surface area contributed by atoms with Crippen LogP contribution >= 0.6 is 0 Å². The van der Waals surface area contributed by atoms with Gasteiger partial charge in [-0.15, -0.1) is 5.10 Å². The Balaban J connectivity index is 0.000000248. The largest absolute Gasteiger partial charge is 0.481 e. The molecule has 2 heterocycles. The van der Waals surface area contributed by atoms with Crippen LogP contribution in [0.3, 0.4) is 0 Å². The first-order valence-corrected chi connectivity index (χ1v) is 20.1. The number of azo groups is 1. The first-order valence-electron chi connectivity index (χ1n) is 20.1. The van der Waals surface area contributed by atoms with E-state index in [1.807, 2.05) is 84.9 Å². The fraction of sp³-hybridized carbons (Fsp3) is 0.277. The normalized spacial score (nSPS) is 14.2. The number of hydrogen-bond acceptors (Lipinski definition) is 13. The number of aromatic amines is 1. The summed E-state index contributed by atoms with van der Waals surface area (Å²) in [6.45, 7) is 2.30. The fourth-order valence-electron chi connectivity index (χ4n) is 6.59. The van der Waals surface area contributed by atoms with Gasteiger partial charge in [-0.2, -0.15) is 31.1 Å². The zero-order chi connectivity index (χ0) is 47.6. The molecule has 0 radical (unpaired) electrons. The standard InChI is InChI=1S/C24H24N4O4.C20H22N2O3.C3H3N3O2/c1-24(15-29,23(31)32)13-20(27-22(30)21-9-10-26-28-21)12-16-5-7-18(8-6-16)19-4-2-3-17(11-19)14-25;1-20(13-23,19(24)25)11-18(22)10-14-5-7-16(8-6-14)17-4-2-3-15(9-17)12-21;7-3(8)2-1-4-6-5-2/h2-9,11,20,29H,10,12-13,15H2,1H3,(H,27,30)(H,31,32);2-9,18,23H,10-11,13,22H2,1H3,(H,24,25);1H,(H,7,8)(H,4,5,6)/t20-,24+;18-,20+;/m11./s1. The van der Waals surface area contributed by atoms with Crippen LogP contribution in [-0.2, 0) is 27.2 Å². The number of benzene rings is 4. The Labute approximate surface area is 374 Å². The van der Waals surface area contributed by atoms with Gasteiger partial charge < -0.3 is 36.6 Å². The highest BCUT2D eigenvalue weighted by molar-refractivity contribution is 5.93. The van der Waals surface area contributed by atoms with Gasteiger partial charge in [-0.1, -0.05) is 72.8 Å². The molecule has 4 aromatic carbocycles. The maximum atomic E-state index is 12.5. The zero-order valence-corrected chi connectivity index (χ0v) is 35.6. The molecule has 0 fully saturated rings. The molecule has 0 aliphatic carbocycles. The van der Waals surface area contributed by atoms with Crippen molar-refractivity contribution in [1.29, 1.82) is 10.5 Å². The number of carboxylic acid groups (broad SMARTS) is 3. The van der Waals surface area contributed by atoms with E-state index in [0.29, 0.717) is 30.5 Å². The molecular formula is C47H49N9O9. The molecule has 1 aliphatic heterocycles. The molecule has 0 saturated heterocycles. The topological polar surface area (TPSA) is 321 Å². The number of nitrogens with two attached hydrogens (primary N) is 1. The number of amides is 1. The van der Waals surface area contributed by atoms with Crippen LogP contribution in [0.2, 0.25) is 0 Å². The molecule has 1 amide bonds. The number of H-pyrrole nitrogens is 1. The lowest BCUT2D eigenvalue weighted by Gasteiger charge is -2.28. The van der Waals surface area contributed by atoms with E-state index >= 15 is 0 Å². The summed E-state index contributed by atoms with van der Waals surface area (Å²) in [5.41, 5.74) is 10.5. The van der Waals surface area contributed by atoms with Crippen LogP contribution in [0, 0.1) is 33.5 Å². The Morgan fingerprint density at radius 3 is 1.66 bits per heavy atom. The van der Waals surface area contributed by atoms with E-state index in [-0.39, 0.29) is 30.3 Å². The van der Waals surface area contributed by atoms with Crippen LogP contribution in [0.25, 0.3) is 22.3 Å². The van der Waals surface area contributed by atoms with E-state index in [1.54, 1.807) is 18.2 Å². The van der Waals surface area contributed by atoms with E-state index in [2.05, 4.69) is 43.1 Å². The van der Waals surface area contributed by atoms with Crippen molar-refractivity contribution >= 4 is 23.8 Å². The molecule has 1 aromatic heterocycles. The van der Waals surface area contributed by atoms with Crippen molar-refractivity contribution in [3.63, 3.8) is 0 Å². The summed E-state index contributed by atoms with van der Waals surface area (Å²) < 4.78 is 0. The second-order valence-electron chi connectivity index (χ2n) is 15.7. The number of carbonyl (C=O) groups excluding carboxylic acids is 1. The van der Waals surface area contributed by atoms with E-state index < -0.39 is 53.9 Å². The van der Waals surface area contributed by atoms with Gasteiger partial charge >= 0.3 is 17.9 Å². The summed E-state index contributed by atoms with van der Waals surface area (Å²) in [4.78, 5) is 45.4. The average Bonchev–Trinajstić information content (AvgIpc) is 4.07. The number of carboxylic acids is 3. The monoisotopic (exact) mass is 883 g/mol. The summed E-state index contributed by atoms with van der Waals surface area (Å²) in [6.07, 6.45) is 3.88. The van der Waals surface area contributed by atoms with Crippen molar-refractivity contribution in [2.45, 2.75) is 51.6 Å². The second kappa shape index (κ2) is 23.5. The van der Waals surface area contributed by atoms with Crippen LogP contribution in [0.15, 0.2) is 125 Å². The van der Waals surface area contributed by atoms with Gasteiger partial charge in [0.2, 0.25) is 0 Å². The predicted octanol–water partition coefficient (Wildman–Crippen LogP) is 5.15. The third-order valence-corrected chi connectivity index (χ3v) is 10.4. The third kappa shape index (κ3) is 14.6. The Morgan fingerprint density at radius 2 is 1.26 bits per heavy atom. The minimum Gasteiger partial charge on any atom is -0.481 e. The first-order chi connectivity index (χ1) is 31.0. The quantitative estimate of drug-likeness (QED) is 0.0599. The van der Waals surface area contributed by atoms with Crippen LogP contribution < -0.4 is 11.1 Å². The first kappa shape index (κ1) is 49.8. The van der Waals surface area contributed by atoms with Gasteiger partial charge in [0.05, 0.1) is 60.1 Å². The number of aliphatic hydroxyl groups excluding tert-OH is 2. The lowest BCUT2D eigenvalue weighted by molar-refractivity contribution is -0.152. The molecule has 0 saturated carbocycles. The van der Waals surface area contributed by atoms with Crippen molar-refractivity contribution in [2.75, 3.05) is 19.8 Å². The Bertz CT molecular complexity index is 2570. The molecule has 6 rings (SSSR count). The van der Waals surface area contributed by atoms with Crippen LogP contribution in [0.5, 0.6) is 0 Å². The number of aromatic nitrogens is 3. The zero-order valence-electron chi connectivity index (χ0n) is 35.6. The molecule has 5 aromatic rings. The molecule has 9 N–H and O–H groups in total. The lowest BCUT2D eigenvalue weighted by atomic mass is 9.82. The van der Waals surface area contributed by atoms with Crippen LogP contribution in [0.1, 0.15) is 59.4 Å². The van der Waals surface area contributed by atoms with Gasteiger partial charge in [-0.25, -0.2) is 4.79 Å². The molecule has 65 heavy (non-hydrogen) atoms. The maximum absolute atomic E-state index is 12.5. The SMILES string of the molecule is C[C@@](CO)(C[C@@H](Cc1ccc(-c2cccc(C#N)c2)cc1)NC(=O)C1=CCN=N1)C(=O)O.C[C@@](CO)(C[C@H](N)Cc1ccc(-c2cccc(C#N)c2)cc1)C(=O)O.O=C(O)c1cn[nH]n1. The minimum absolute atomic E-state index is 0.0426. The smallest absolute Gasteiger partial charge is 0.358 e. The average molecular weight is 884 g/mol. The van der Waals surface area contributed by atoms with Crippen molar-refractivity contribution in [1.82, 2.24) is 20.7 Å². The molecule has 1 aliphatic rings. The van der Waals surface area contributed by atoms with E-state index in [1.165, 1.54) is 13.8 Å². The fourth-order valence-corrected chi connectivity index (χ4v) is 6.59. The summed E-state index contributed by atoms with van der Waals surface area (Å²) >= 11 is 0. The predicted molar refractivity (Wildman–Crippen MR) is 237 cm³/mol. The number of carbonyl (C=O) groups is 4. The lowest BCUT2D eigenvalue weighted by Crippen LogP contribution is -2.44. The number of nitriles is 2. The number of aromatic carboxylic acids is 1. The van der Waals surface area contributed by atoms with E-state index in [0.717, 1.165) is 39.6 Å². The third-order valence-electron chi connectivity index (χ3n) is 10.4. The van der Waals surface area contributed by atoms with Crippen molar-refractivity contribution < 1.29 is 44.7 Å². The molecule has 4 atom stereocenters. The summed E-state index contributed by atoms with van der Waals surface area (Å²) in [5.74, 6) is -3.67. The number of rotatable bonds is 17. The van der Waals surface area contributed by atoms with Crippen molar-refractivity contribution in [3.05, 3.63) is 143 Å². The van der Waals surface area contributed by atoms with Gasteiger partial charge in [0, 0.05) is 12.1 Å². The van der Waals surface area contributed by atoms with Gasteiger partial charge in [0.1, 0.15) is 5.70 Å². The molecular weight excluding hydrogens is 835 g/mol. The highest BCUT2D eigenvalue weighted by atomic mass is 16.4. The van der Waals surface area contributed by atoms with Gasteiger partial charge in [-0.05, 0) is 103 Å². The maximum Gasteiger partial charge on any atom is 0.358 e. The number of aliphatic hydroxyl groups is 2. The molecule has 0 spiro atoms. The Morgan fingerprint density at radius 1 is 0.754 bits per heavy atom. The minimum atomic E-state index is -1.40. The second-order valence-corrected chi connectivity index (χ2v) is 15.7. The van der Waals surface area contributed by atoms with Crippen LogP contribution in [-0.4, -0.2) is 96.6 Å². The summed E-state index contributed by atoms with van der Waals surface area (Å²) in [5, 5.41) is 83.1. The van der Waals surface area contributed by atoms with Gasteiger partial charge in [0.15, 0.2) is 5.69 Å². The highest BCUT2D eigenvalue weighted by Crippen LogP contribution is 2.28. The van der Waals surface area contributed by atoms with Gasteiger partial charge in [-0.3, -0.25) is 14.4 Å². The summed E-state index contributed by atoms with van der Waals surface area (Å²) in [6, 6.07) is 33.5. The number of hydrogen-bond donors (Lipinski definition) is 8.